The fraction of sp³-hybridized carbons (Fsp3) is 0.722. The summed E-state index contributed by atoms with van der Waals surface area (Å²) in [4.78, 5) is 7.35. The van der Waals surface area contributed by atoms with E-state index in [1.54, 1.807) is 0 Å². The van der Waals surface area contributed by atoms with Crippen LogP contribution in [0.5, 0.6) is 0 Å². The van der Waals surface area contributed by atoms with Crippen molar-refractivity contribution in [2.75, 3.05) is 18.0 Å². The highest BCUT2D eigenvalue weighted by Crippen LogP contribution is 2.37. The van der Waals surface area contributed by atoms with Gasteiger partial charge in [0.1, 0.15) is 0 Å². The number of pyridine rings is 1. The van der Waals surface area contributed by atoms with Crippen molar-refractivity contribution in [1.29, 1.82) is 0 Å². The van der Waals surface area contributed by atoms with E-state index in [0.717, 1.165) is 24.2 Å². The highest BCUT2D eigenvalue weighted by Gasteiger charge is 2.33. The Kier molecular flexibility index (Phi) is 4.79. The molecule has 1 aliphatic heterocycles. The molecule has 0 radical (unpaired) electrons. The van der Waals surface area contributed by atoms with Gasteiger partial charge in [-0.1, -0.05) is 19.8 Å². The minimum Gasteiger partial charge on any atom is -0.367 e. The maximum absolute atomic E-state index is 4.71. The molecular weight excluding hydrogens is 258 g/mol. The van der Waals surface area contributed by atoms with Crippen molar-refractivity contribution in [3.8, 4) is 0 Å². The van der Waals surface area contributed by atoms with Crippen LogP contribution >= 0.6 is 0 Å². The lowest BCUT2D eigenvalue weighted by Crippen LogP contribution is -2.46. The fourth-order valence-corrected chi connectivity index (χ4v) is 4.18. The Bertz CT molecular complexity index is 440. The number of rotatable bonds is 4. The van der Waals surface area contributed by atoms with Gasteiger partial charge in [-0.2, -0.15) is 0 Å². The molecule has 21 heavy (non-hydrogen) atoms. The van der Waals surface area contributed by atoms with Crippen LogP contribution in [0.3, 0.4) is 0 Å². The number of nitrogens with zero attached hydrogens (tertiary/aromatic N) is 2. The Morgan fingerprint density at radius 3 is 2.81 bits per heavy atom. The first kappa shape index (κ1) is 14.8. The van der Waals surface area contributed by atoms with Crippen molar-refractivity contribution >= 4 is 5.69 Å². The third-order valence-electron chi connectivity index (χ3n) is 5.30. The third-order valence-corrected chi connectivity index (χ3v) is 5.30. The predicted molar refractivity (Wildman–Crippen MR) is 88.7 cm³/mol. The van der Waals surface area contributed by atoms with Crippen molar-refractivity contribution in [1.82, 2.24) is 10.3 Å². The van der Waals surface area contributed by atoms with Crippen LogP contribution in [-0.2, 0) is 0 Å². The highest BCUT2D eigenvalue weighted by molar-refractivity contribution is 5.46. The zero-order valence-electron chi connectivity index (χ0n) is 13.5. The quantitative estimate of drug-likeness (QED) is 0.910. The van der Waals surface area contributed by atoms with Crippen molar-refractivity contribution in [2.45, 2.75) is 64.5 Å². The van der Waals surface area contributed by atoms with Crippen LogP contribution in [0.4, 0.5) is 5.69 Å². The molecule has 1 aromatic rings. The molecule has 2 aliphatic rings. The van der Waals surface area contributed by atoms with E-state index in [4.69, 9.17) is 4.98 Å². The molecule has 0 bridgehead atoms. The molecule has 1 N–H and O–H groups in total. The summed E-state index contributed by atoms with van der Waals surface area (Å²) in [5.74, 6) is 0.924. The number of piperidine rings is 1. The van der Waals surface area contributed by atoms with E-state index in [1.165, 1.54) is 50.8 Å². The largest absolute Gasteiger partial charge is 0.367 e. The number of anilines is 1. The van der Waals surface area contributed by atoms with E-state index in [2.05, 4.69) is 42.4 Å². The van der Waals surface area contributed by atoms with Gasteiger partial charge in [-0.25, -0.2) is 0 Å². The molecule has 3 heteroatoms. The van der Waals surface area contributed by atoms with Crippen molar-refractivity contribution in [2.24, 2.45) is 5.92 Å². The number of nitrogens with one attached hydrogen (secondary N) is 1. The Morgan fingerprint density at radius 2 is 2.05 bits per heavy atom. The average Bonchev–Trinajstić information content (AvgIpc) is 2.55. The normalized spacial score (nSPS) is 27.2. The summed E-state index contributed by atoms with van der Waals surface area (Å²) < 4.78 is 0. The molecule has 1 aliphatic carbocycles. The van der Waals surface area contributed by atoms with E-state index in [9.17, 15) is 0 Å². The minimum atomic E-state index is 0.341. The van der Waals surface area contributed by atoms with Gasteiger partial charge in [0.25, 0.3) is 0 Å². The van der Waals surface area contributed by atoms with Gasteiger partial charge < -0.3 is 10.2 Å². The number of hydrogen-bond acceptors (Lipinski definition) is 3. The minimum absolute atomic E-state index is 0.341. The Morgan fingerprint density at radius 1 is 1.24 bits per heavy atom. The number of fused-ring (bicyclic) bond motifs is 1. The molecule has 116 valence electrons. The lowest BCUT2D eigenvalue weighted by Gasteiger charge is -2.45. The van der Waals surface area contributed by atoms with Crippen LogP contribution in [-0.4, -0.2) is 24.1 Å². The first-order chi connectivity index (χ1) is 10.3. The molecule has 3 nitrogen and oxygen atoms in total. The third kappa shape index (κ3) is 3.23. The fourth-order valence-electron chi connectivity index (χ4n) is 4.18. The molecule has 2 fully saturated rings. The van der Waals surface area contributed by atoms with Crippen LogP contribution in [0.15, 0.2) is 18.3 Å². The molecule has 1 saturated heterocycles. The Labute approximate surface area is 129 Å². The smallest absolute Gasteiger partial charge is 0.0572 e. The highest BCUT2D eigenvalue weighted by atomic mass is 15.2. The second kappa shape index (κ2) is 6.78. The monoisotopic (exact) mass is 287 g/mol. The predicted octanol–water partition coefficient (Wildman–Crippen LogP) is 3.91. The SMILES string of the molecule is CCNC(C)c1ccc(N2CCC[C@H]3CCCC[C@H]32)cn1. The maximum Gasteiger partial charge on any atom is 0.0572 e. The Hall–Kier alpha value is -1.09. The molecule has 1 saturated carbocycles. The van der Waals surface area contributed by atoms with Gasteiger partial charge in [0.15, 0.2) is 0 Å². The van der Waals surface area contributed by atoms with Gasteiger partial charge in [0.2, 0.25) is 0 Å². The summed E-state index contributed by atoms with van der Waals surface area (Å²) in [6.07, 6.45) is 10.5. The summed E-state index contributed by atoms with van der Waals surface area (Å²) in [5, 5.41) is 3.43. The van der Waals surface area contributed by atoms with Crippen LogP contribution < -0.4 is 10.2 Å². The van der Waals surface area contributed by atoms with Gasteiger partial charge in [-0.15, -0.1) is 0 Å². The summed E-state index contributed by atoms with van der Waals surface area (Å²) in [7, 11) is 0. The van der Waals surface area contributed by atoms with Crippen molar-refractivity contribution in [3.63, 3.8) is 0 Å². The molecule has 2 heterocycles. The Balaban J connectivity index is 1.73. The molecular formula is C18H29N3. The van der Waals surface area contributed by atoms with Gasteiger partial charge in [0.05, 0.1) is 17.6 Å². The molecule has 0 aromatic carbocycles. The van der Waals surface area contributed by atoms with E-state index in [-0.39, 0.29) is 0 Å². The first-order valence-corrected chi connectivity index (χ1v) is 8.75. The van der Waals surface area contributed by atoms with Crippen LogP contribution in [0.25, 0.3) is 0 Å². The average molecular weight is 287 g/mol. The summed E-state index contributed by atoms with van der Waals surface area (Å²) in [5.41, 5.74) is 2.48. The molecule has 0 spiro atoms. The van der Waals surface area contributed by atoms with Crippen LogP contribution in [0.1, 0.15) is 64.1 Å². The standard InChI is InChI=1S/C18H29N3/c1-3-19-14(2)17-11-10-16(13-20-17)21-12-6-8-15-7-4-5-9-18(15)21/h10-11,13-15,18-19H,3-9,12H2,1-2H3/t14?,15-,18-/m1/s1. The lowest BCUT2D eigenvalue weighted by molar-refractivity contribution is 0.243. The van der Waals surface area contributed by atoms with E-state index in [0.29, 0.717) is 6.04 Å². The zero-order valence-corrected chi connectivity index (χ0v) is 13.5. The summed E-state index contributed by atoms with van der Waals surface area (Å²) in [6, 6.07) is 5.60. The van der Waals surface area contributed by atoms with Crippen LogP contribution in [0.2, 0.25) is 0 Å². The van der Waals surface area contributed by atoms with E-state index >= 15 is 0 Å². The van der Waals surface area contributed by atoms with E-state index in [1.807, 2.05) is 0 Å². The first-order valence-electron chi connectivity index (χ1n) is 8.75. The molecule has 0 amide bonds. The van der Waals surface area contributed by atoms with Gasteiger partial charge in [-0.3, -0.25) is 4.98 Å². The molecule has 1 aromatic heterocycles. The number of aromatic nitrogens is 1. The van der Waals surface area contributed by atoms with Gasteiger partial charge >= 0.3 is 0 Å². The van der Waals surface area contributed by atoms with Gasteiger partial charge in [-0.05, 0) is 57.2 Å². The van der Waals surface area contributed by atoms with E-state index < -0.39 is 0 Å². The van der Waals surface area contributed by atoms with Gasteiger partial charge in [0, 0.05) is 18.6 Å². The summed E-state index contributed by atoms with van der Waals surface area (Å²) in [6.45, 7) is 6.52. The number of hydrogen-bond donors (Lipinski definition) is 1. The lowest BCUT2D eigenvalue weighted by atomic mass is 9.78. The summed E-state index contributed by atoms with van der Waals surface area (Å²) >= 11 is 0. The van der Waals surface area contributed by atoms with Crippen molar-refractivity contribution < 1.29 is 0 Å². The maximum atomic E-state index is 4.71. The van der Waals surface area contributed by atoms with Crippen LogP contribution in [0, 0.1) is 5.92 Å². The molecule has 3 rings (SSSR count). The molecule has 3 atom stereocenters. The second-order valence-corrected chi connectivity index (χ2v) is 6.67. The molecule has 1 unspecified atom stereocenters. The second-order valence-electron chi connectivity index (χ2n) is 6.67. The topological polar surface area (TPSA) is 28.2 Å². The van der Waals surface area contributed by atoms with Crippen molar-refractivity contribution in [3.05, 3.63) is 24.0 Å². The zero-order chi connectivity index (χ0) is 14.7.